The van der Waals surface area contributed by atoms with Crippen LogP contribution < -0.4 is 9.30 Å². The van der Waals surface area contributed by atoms with Crippen LogP contribution in [0.1, 0.15) is 40.9 Å². The first kappa shape index (κ1) is 20.5. The summed E-state index contributed by atoms with van der Waals surface area (Å²) in [6.07, 6.45) is 4.10. The maximum atomic E-state index is 13.3. The molecule has 4 rings (SSSR count). The van der Waals surface area contributed by atoms with Crippen LogP contribution in [0.4, 0.5) is 0 Å². The number of methoxy groups -OCH3 is 1. The Hall–Kier alpha value is -3.80. The highest BCUT2D eigenvalue weighted by molar-refractivity contribution is 6.03. The molecule has 156 valence electrons. The Morgan fingerprint density at radius 1 is 1.06 bits per heavy atom. The molecule has 0 aliphatic carbocycles. The number of hydrogen-bond donors (Lipinski definition) is 0. The molecule has 3 aromatic rings. The molecule has 0 radical (unpaired) electrons. The third kappa shape index (κ3) is 4.53. The van der Waals surface area contributed by atoms with E-state index in [2.05, 4.69) is 0 Å². The predicted octanol–water partition coefficient (Wildman–Crippen LogP) is 3.56. The quantitative estimate of drug-likeness (QED) is 0.458. The Balaban J connectivity index is 1.64. The van der Waals surface area contributed by atoms with Gasteiger partial charge in [0.1, 0.15) is 5.75 Å². The van der Waals surface area contributed by atoms with Crippen LogP contribution in [0.25, 0.3) is 0 Å². The maximum Gasteiger partial charge on any atom is 0.309 e. The van der Waals surface area contributed by atoms with Gasteiger partial charge in [-0.1, -0.05) is 42.5 Å². The van der Waals surface area contributed by atoms with Crippen LogP contribution in [-0.2, 0) is 11.3 Å². The number of rotatable bonds is 6. The molecule has 1 aliphatic rings. The summed E-state index contributed by atoms with van der Waals surface area (Å²) in [7, 11) is 1.63. The van der Waals surface area contributed by atoms with Crippen molar-refractivity contribution in [3.63, 3.8) is 0 Å². The van der Waals surface area contributed by atoms with Crippen LogP contribution >= 0.6 is 0 Å². The SMILES string of the molecule is COc1ccc([C@H]2CC(c3ccccc3)=NN2C(=O)C[n+]2cccc(C(C)=O)c2)cc1. The highest BCUT2D eigenvalue weighted by atomic mass is 16.5. The highest BCUT2D eigenvalue weighted by Gasteiger charge is 2.34. The maximum absolute atomic E-state index is 13.3. The number of ketones is 1. The van der Waals surface area contributed by atoms with E-state index in [0.717, 1.165) is 22.6 Å². The molecular formula is C25H24N3O3+. The molecule has 0 unspecified atom stereocenters. The van der Waals surface area contributed by atoms with Crippen molar-refractivity contribution < 1.29 is 18.9 Å². The summed E-state index contributed by atoms with van der Waals surface area (Å²) in [6.45, 7) is 1.61. The van der Waals surface area contributed by atoms with Crippen LogP contribution in [0.2, 0.25) is 0 Å². The van der Waals surface area contributed by atoms with Gasteiger partial charge in [0.25, 0.3) is 0 Å². The molecule has 1 atom stereocenters. The zero-order valence-electron chi connectivity index (χ0n) is 17.6. The number of pyridine rings is 1. The zero-order chi connectivity index (χ0) is 21.8. The van der Waals surface area contributed by atoms with E-state index >= 15 is 0 Å². The summed E-state index contributed by atoms with van der Waals surface area (Å²) in [5.74, 6) is 0.585. The van der Waals surface area contributed by atoms with Crippen molar-refractivity contribution in [2.45, 2.75) is 25.9 Å². The molecule has 1 aromatic heterocycles. The van der Waals surface area contributed by atoms with Gasteiger partial charge in [-0.25, -0.2) is 5.01 Å². The third-order valence-corrected chi connectivity index (χ3v) is 5.36. The van der Waals surface area contributed by atoms with Crippen molar-refractivity contribution in [1.82, 2.24) is 5.01 Å². The molecule has 2 aromatic carbocycles. The summed E-state index contributed by atoms with van der Waals surface area (Å²) in [5, 5.41) is 6.27. The number of carbonyl (C=O) groups is 2. The Morgan fingerprint density at radius 3 is 2.48 bits per heavy atom. The van der Waals surface area contributed by atoms with Gasteiger partial charge < -0.3 is 4.74 Å². The molecule has 0 saturated carbocycles. The second kappa shape index (κ2) is 8.92. The van der Waals surface area contributed by atoms with Gasteiger partial charge in [-0.05, 0) is 36.2 Å². The summed E-state index contributed by atoms with van der Waals surface area (Å²) in [4.78, 5) is 25.0. The standard InChI is InChI=1S/C25H24N3O3/c1-18(29)21-9-6-14-27(16-21)17-25(30)28-24(20-10-12-22(31-2)13-11-20)15-23(26-28)19-7-4-3-5-8-19/h3-14,16,24H,15,17H2,1-2H3/q+1/t24-/m1/s1. The molecule has 2 heterocycles. The second-order valence-electron chi connectivity index (χ2n) is 7.47. The second-order valence-corrected chi connectivity index (χ2v) is 7.47. The summed E-state index contributed by atoms with van der Waals surface area (Å²) in [5.41, 5.74) is 3.43. The van der Waals surface area contributed by atoms with Gasteiger partial charge in [0.05, 0.1) is 24.4 Å². The summed E-state index contributed by atoms with van der Waals surface area (Å²) >= 11 is 0. The van der Waals surface area contributed by atoms with Gasteiger partial charge in [-0.2, -0.15) is 9.67 Å². The number of benzene rings is 2. The Bertz CT molecular complexity index is 1120. The summed E-state index contributed by atoms with van der Waals surface area (Å²) in [6, 6.07) is 20.9. The van der Waals surface area contributed by atoms with Crippen LogP contribution in [-0.4, -0.2) is 29.5 Å². The normalized spacial score (nSPS) is 15.5. The minimum atomic E-state index is -0.204. The van der Waals surface area contributed by atoms with Crippen LogP contribution in [0.15, 0.2) is 84.2 Å². The fourth-order valence-electron chi connectivity index (χ4n) is 3.69. The average molecular weight is 414 g/mol. The average Bonchev–Trinajstić information content (AvgIpc) is 3.25. The minimum Gasteiger partial charge on any atom is -0.497 e. The molecular weight excluding hydrogens is 390 g/mol. The first-order valence-corrected chi connectivity index (χ1v) is 10.1. The van der Waals surface area contributed by atoms with Gasteiger partial charge in [0.2, 0.25) is 6.54 Å². The molecule has 6 heteroatoms. The monoisotopic (exact) mass is 414 g/mol. The molecule has 0 bridgehead atoms. The fraction of sp³-hybridized carbons (Fsp3) is 0.200. The van der Waals surface area contributed by atoms with Crippen LogP contribution in [0, 0.1) is 0 Å². The Morgan fingerprint density at radius 2 is 1.81 bits per heavy atom. The number of ether oxygens (including phenoxy) is 1. The van der Waals surface area contributed by atoms with E-state index in [9.17, 15) is 9.59 Å². The molecule has 0 N–H and O–H groups in total. The van der Waals surface area contributed by atoms with Crippen LogP contribution in [0.5, 0.6) is 5.75 Å². The highest BCUT2D eigenvalue weighted by Crippen LogP contribution is 2.33. The zero-order valence-corrected chi connectivity index (χ0v) is 17.6. The van der Waals surface area contributed by atoms with E-state index in [1.807, 2.05) is 54.6 Å². The van der Waals surface area contributed by atoms with Crippen molar-refractivity contribution >= 4 is 17.4 Å². The molecule has 6 nitrogen and oxygen atoms in total. The topological polar surface area (TPSA) is 62.9 Å². The van der Waals surface area contributed by atoms with E-state index in [4.69, 9.17) is 9.84 Å². The van der Waals surface area contributed by atoms with E-state index in [1.165, 1.54) is 6.92 Å². The summed E-state index contributed by atoms with van der Waals surface area (Å²) < 4.78 is 6.99. The minimum absolute atomic E-state index is 0.0385. The van der Waals surface area contributed by atoms with E-state index in [1.54, 1.807) is 41.2 Å². The molecule has 1 amide bonds. The van der Waals surface area contributed by atoms with E-state index in [0.29, 0.717) is 12.0 Å². The number of aromatic nitrogens is 1. The fourth-order valence-corrected chi connectivity index (χ4v) is 3.69. The van der Waals surface area contributed by atoms with E-state index in [-0.39, 0.29) is 24.3 Å². The van der Waals surface area contributed by atoms with Gasteiger partial charge >= 0.3 is 5.91 Å². The third-order valence-electron chi connectivity index (χ3n) is 5.36. The molecule has 0 spiro atoms. The van der Waals surface area contributed by atoms with Gasteiger partial charge in [-0.3, -0.25) is 9.59 Å². The lowest BCUT2D eigenvalue weighted by Crippen LogP contribution is -2.43. The van der Waals surface area contributed by atoms with Gasteiger partial charge in [-0.15, -0.1) is 0 Å². The van der Waals surface area contributed by atoms with Crippen molar-refractivity contribution in [1.29, 1.82) is 0 Å². The molecule has 0 saturated heterocycles. The van der Waals surface area contributed by atoms with Crippen molar-refractivity contribution in [2.75, 3.05) is 7.11 Å². The lowest BCUT2D eigenvalue weighted by atomic mass is 9.98. The van der Waals surface area contributed by atoms with Gasteiger partial charge in [0, 0.05) is 12.5 Å². The van der Waals surface area contributed by atoms with Crippen LogP contribution in [0.3, 0.4) is 0 Å². The molecule has 0 fully saturated rings. The predicted molar refractivity (Wildman–Crippen MR) is 117 cm³/mol. The first-order chi connectivity index (χ1) is 15.0. The van der Waals surface area contributed by atoms with E-state index < -0.39 is 0 Å². The number of nitrogens with zero attached hydrogens (tertiary/aromatic N) is 3. The van der Waals surface area contributed by atoms with Gasteiger partial charge in [0.15, 0.2) is 18.2 Å². The van der Waals surface area contributed by atoms with Crippen molar-refractivity contribution in [2.24, 2.45) is 5.10 Å². The van der Waals surface area contributed by atoms with Crippen molar-refractivity contribution in [3.05, 3.63) is 95.8 Å². The lowest BCUT2D eigenvalue weighted by molar-refractivity contribution is -0.685. The molecule has 31 heavy (non-hydrogen) atoms. The number of hydrazone groups is 1. The van der Waals surface area contributed by atoms with Crippen molar-refractivity contribution in [3.8, 4) is 5.75 Å². The number of hydrogen-bond acceptors (Lipinski definition) is 4. The number of amides is 1. The number of Topliss-reactive ketones (excluding diaryl/α,β-unsaturated/α-hetero) is 1. The first-order valence-electron chi connectivity index (χ1n) is 10.1. The Kier molecular flexibility index (Phi) is 5.89. The Labute approximate surface area is 181 Å². The smallest absolute Gasteiger partial charge is 0.309 e. The molecule has 1 aliphatic heterocycles. The number of carbonyl (C=O) groups excluding carboxylic acids is 2. The lowest BCUT2D eigenvalue weighted by Gasteiger charge is -2.21. The largest absolute Gasteiger partial charge is 0.497 e.